The van der Waals surface area contributed by atoms with Gasteiger partial charge in [0.15, 0.2) is 0 Å². The summed E-state index contributed by atoms with van der Waals surface area (Å²) < 4.78 is 0. The number of nitrogens with zero attached hydrogens (tertiary/aromatic N) is 2. The van der Waals surface area contributed by atoms with E-state index in [1.807, 2.05) is 18.2 Å². The van der Waals surface area contributed by atoms with Crippen LogP contribution >= 0.6 is 0 Å². The summed E-state index contributed by atoms with van der Waals surface area (Å²) in [4.78, 5) is 4.64. The van der Waals surface area contributed by atoms with E-state index in [0.717, 1.165) is 13.1 Å². The number of nitrogens with two attached hydrogens (primary N) is 2. The summed E-state index contributed by atoms with van der Waals surface area (Å²) in [7, 11) is 4.26. The van der Waals surface area contributed by atoms with E-state index in [1.165, 1.54) is 12.1 Å². The van der Waals surface area contributed by atoms with E-state index in [0.29, 0.717) is 17.4 Å². The van der Waals surface area contributed by atoms with Gasteiger partial charge < -0.3 is 21.3 Å². The molecule has 4 heteroatoms. The number of benzene rings is 1. The van der Waals surface area contributed by atoms with Crippen molar-refractivity contribution in [2.24, 2.45) is 0 Å². The summed E-state index contributed by atoms with van der Waals surface area (Å²) >= 11 is 0. The third-order valence-corrected chi connectivity index (χ3v) is 3.33. The van der Waals surface area contributed by atoms with Crippen molar-refractivity contribution in [1.29, 1.82) is 0 Å². The molecule has 2 rings (SSSR count). The quantitative estimate of drug-likeness (QED) is 0.730. The molecular weight excluding hydrogens is 200 g/mol. The van der Waals surface area contributed by atoms with Crippen molar-refractivity contribution < 1.29 is 0 Å². The highest BCUT2D eigenvalue weighted by molar-refractivity contribution is 5.70. The van der Waals surface area contributed by atoms with Crippen molar-refractivity contribution in [3.63, 3.8) is 0 Å². The van der Waals surface area contributed by atoms with Gasteiger partial charge in [-0.1, -0.05) is 0 Å². The summed E-state index contributed by atoms with van der Waals surface area (Å²) in [5.74, 6) is 0. The molecule has 4 nitrogen and oxygen atoms in total. The molecule has 1 atom stereocenters. The van der Waals surface area contributed by atoms with Gasteiger partial charge >= 0.3 is 0 Å². The topological polar surface area (TPSA) is 58.5 Å². The first-order valence-corrected chi connectivity index (χ1v) is 5.64. The molecule has 0 saturated carbocycles. The van der Waals surface area contributed by atoms with Crippen molar-refractivity contribution in [2.75, 3.05) is 43.6 Å². The van der Waals surface area contributed by atoms with Gasteiger partial charge in [0, 0.05) is 24.8 Å². The second-order valence-electron chi connectivity index (χ2n) is 4.67. The van der Waals surface area contributed by atoms with Crippen LogP contribution in [0.25, 0.3) is 0 Å². The molecule has 1 aliphatic heterocycles. The molecule has 1 aromatic carbocycles. The Morgan fingerprint density at radius 3 is 2.56 bits per heavy atom. The number of rotatable bonds is 2. The molecule has 4 N–H and O–H groups in total. The van der Waals surface area contributed by atoms with Crippen LogP contribution < -0.4 is 16.4 Å². The van der Waals surface area contributed by atoms with Gasteiger partial charge in [0.05, 0.1) is 11.4 Å². The van der Waals surface area contributed by atoms with Gasteiger partial charge in [0.25, 0.3) is 0 Å². The van der Waals surface area contributed by atoms with Crippen molar-refractivity contribution >= 4 is 17.1 Å². The zero-order chi connectivity index (χ0) is 11.7. The molecule has 1 aromatic rings. The van der Waals surface area contributed by atoms with Crippen LogP contribution in [0.1, 0.15) is 6.42 Å². The largest absolute Gasteiger partial charge is 0.397 e. The second kappa shape index (κ2) is 4.22. The van der Waals surface area contributed by atoms with Crippen LogP contribution in [0.4, 0.5) is 17.1 Å². The van der Waals surface area contributed by atoms with Gasteiger partial charge in [-0.15, -0.1) is 0 Å². The van der Waals surface area contributed by atoms with E-state index in [2.05, 4.69) is 23.9 Å². The fraction of sp³-hybridized carbons (Fsp3) is 0.500. The van der Waals surface area contributed by atoms with Crippen molar-refractivity contribution in [3.05, 3.63) is 18.2 Å². The van der Waals surface area contributed by atoms with Crippen LogP contribution in [0, 0.1) is 0 Å². The van der Waals surface area contributed by atoms with Gasteiger partial charge in [-0.25, -0.2) is 0 Å². The van der Waals surface area contributed by atoms with Crippen LogP contribution in [0.2, 0.25) is 0 Å². The summed E-state index contributed by atoms with van der Waals surface area (Å²) in [5, 5.41) is 0. The smallest absolute Gasteiger partial charge is 0.0568 e. The van der Waals surface area contributed by atoms with E-state index in [-0.39, 0.29) is 0 Å². The van der Waals surface area contributed by atoms with E-state index in [4.69, 9.17) is 11.5 Å². The Morgan fingerprint density at radius 1 is 1.25 bits per heavy atom. The average molecular weight is 220 g/mol. The molecular formula is C12H20N4. The zero-order valence-corrected chi connectivity index (χ0v) is 9.98. The minimum atomic E-state index is 0.638. The first kappa shape index (κ1) is 11.1. The molecule has 0 aliphatic carbocycles. The summed E-state index contributed by atoms with van der Waals surface area (Å²) in [5.41, 5.74) is 14.0. The van der Waals surface area contributed by atoms with Gasteiger partial charge in [0.2, 0.25) is 0 Å². The summed E-state index contributed by atoms with van der Waals surface area (Å²) in [6.07, 6.45) is 1.21. The third-order valence-electron chi connectivity index (χ3n) is 3.33. The van der Waals surface area contributed by atoms with Crippen LogP contribution in [0.5, 0.6) is 0 Å². The van der Waals surface area contributed by atoms with Crippen LogP contribution in [-0.4, -0.2) is 38.1 Å². The third kappa shape index (κ3) is 2.07. The fourth-order valence-corrected chi connectivity index (χ4v) is 2.16. The Hall–Kier alpha value is -1.42. The standard InChI is InChI=1S/C12H20N4/c1-15(2)10-5-6-16(8-10)9-3-4-11(13)12(14)7-9/h3-4,7,10H,5-6,8,13-14H2,1-2H3/t10-/m0/s1. The van der Waals surface area contributed by atoms with E-state index >= 15 is 0 Å². The minimum absolute atomic E-state index is 0.638. The van der Waals surface area contributed by atoms with Gasteiger partial charge in [-0.05, 0) is 38.7 Å². The molecule has 0 unspecified atom stereocenters. The Morgan fingerprint density at radius 2 is 2.00 bits per heavy atom. The molecule has 0 aromatic heterocycles. The zero-order valence-electron chi connectivity index (χ0n) is 9.98. The summed E-state index contributed by atoms with van der Waals surface area (Å²) in [6.45, 7) is 2.16. The molecule has 0 radical (unpaired) electrons. The van der Waals surface area contributed by atoms with E-state index < -0.39 is 0 Å². The lowest BCUT2D eigenvalue weighted by molar-refractivity contribution is 0.315. The Kier molecular flexibility index (Phi) is 2.92. The molecule has 88 valence electrons. The van der Waals surface area contributed by atoms with Crippen molar-refractivity contribution in [2.45, 2.75) is 12.5 Å². The predicted octanol–water partition coefficient (Wildman–Crippen LogP) is 0.991. The number of anilines is 3. The van der Waals surface area contributed by atoms with Gasteiger partial charge in [-0.2, -0.15) is 0 Å². The minimum Gasteiger partial charge on any atom is -0.397 e. The normalized spacial score (nSPS) is 20.7. The maximum Gasteiger partial charge on any atom is 0.0568 e. The summed E-state index contributed by atoms with van der Waals surface area (Å²) in [6, 6.07) is 6.53. The molecule has 0 spiro atoms. The number of hydrogen-bond acceptors (Lipinski definition) is 4. The SMILES string of the molecule is CN(C)[C@H]1CCN(c2ccc(N)c(N)c2)C1. The predicted molar refractivity (Wildman–Crippen MR) is 69.6 cm³/mol. The molecule has 1 fully saturated rings. The fourth-order valence-electron chi connectivity index (χ4n) is 2.16. The molecule has 16 heavy (non-hydrogen) atoms. The maximum absolute atomic E-state index is 5.82. The average Bonchev–Trinajstić information content (AvgIpc) is 2.71. The van der Waals surface area contributed by atoms with Gasteiger partial charge in [-0.3, -0.25) is 0 Å². The maximum atomic E-state index is 5.82. The van der Waals surface area contributed by atoms with Crippen LogP contribution in [0.15, 0.2) is 18.2 Å². The molecule has 0 bridgehead atoms. The first-order chi connectivity index (χ1) is 7.58. The van der Waals surface area contributed by atoms with E-state index in [9.17, 15) is 0 Å². The first-order valence-electron chi connectivity index (χ1n) is 5.64. The lowest BCUT2D eigenvalue weighted by Gasteiger charge is -2.22. The highest BCUT2D eigenvalue weighted by Crippen LogP contribution is 2.26. The number of likely N-dealkylation sites (N-methyl/N-ethyl adjacent to an activating group) is 1. The van der Waals surface area contributed by atoms with Gasteiger partial charge in [0.1, 0.15) is 0 Å². The number of hydrogen-bond donors (Lipinski definition) is 2. The second-order valence-corrected chi connectivity index (χ2v) is 4.67. The molecule has 1 heterocycles. The van der Waals surface area contributed by atoms with Crippen LogP contribution in [-0.2, 0) is 0 Å². The highest BCUT2D eigenvalue weighted by Gasteiger charge is 2.24. The Balaban J connectivity index is 2.11. The van der Waals surface area contributed by atoms with Crippen molar-refractivity contribution in [1.82, 2.24) is 4.90 Å². The molecule has 1 saturated heterocycles. The lowest BCUT2D eigenvalue weighted by atomic mass is 10.2. The molecule has 0 amide bonds. The lowest BCUT2D eigenvalue weighted by Crippen LogP contribution is -2.31. The Bertz CT molecular complexity index is 375. The number of nitrogen functional groups attached to an aromatic ring is 2. The monoisotopic (exact) mass is 220 g/mol. The molecule has 1 aliphatic rings. The van der Waals surface area contributed by atoms with Crippen LogP contribution in [0.3, 0.4) is 0 Å². The highest BCUT2D eigenvalue weighted by atomic mass is 15.2. The Labute approximate surface area is 96.8 Å². The van der Waals surface area contributed by atoms with E-state index in [1.54, 1.807) is 0 Å². The van der Waals surface area contributed by atoms with Crippen molar-refractivity contribution in [3.8, 4) is 0 Å².